The average Bonchev–Trinajstić information content (AvgIpc) is 2.87. The van der Waals surface area contributed by atoms with Crippen molar-refractivity contribution in [3.05, 3.63) is 18.1 Å². The lowest BCUT2D eigenvalue weighted by Crippen LogP contribution is -2.49. The first kappa shape index (κ1) is 13.7. The molecule has 0 radical (unpaired) electrons. The number of hydrogen-bond acceptors (Lipinski definition) is 5. The van der Waals surface area contributed by atoms with Crippen molar-refractivity contribution in [2.45, 2.75) is 13.8 Å². The molecule has 7 heteroatoms. The fourth-order valence-corrected chi connectivity index (χ4v) is 2.63. The molecule has 0 unspecified atom stereocenters. The van der Waals surface area contributed by atoms with Crippen LogP contribution in [0.15, 0.2) is 12.4 Å². The Bertz CT molecular complexity index is 646. The molecule has 2 aromatic rings. The van der Waals surface area contributed by atoms with Crippen LogP contribution in [0, 0.1) is 6.92 Å². The summed E-state index contributed by atoms with van der Waals surface area (Å²) < 4.78 is 5.03. The molecule has 3 rings (SSSR count). The molecule has 1 aliphatic heterocycles. The van der Waals surface area contributed by atoms with E-state index >= 15 is 0 Å². The SMILES string of the molecule is CCOC(=O)N1CCN(c2ncnc3[nH]c(C)cc23)CC1. The lowest BCUT2D eigenvalue weighted by molar-refractivity contribution is 0.105. The summed E-state index contributed by atoms with van der Waals surface area (Å²) in [5.74, 6) is 0.924. The highest BCUT2D eigenvalue weighted by Gasteiger charge is 2.24. The zero-order chi connectivity index (χ0) is 14.8. The standard InChI is InChI=1S/C14H19N5O2/c1-3-21-14(20)19-6-4-18(5-7-19)13-11-8-10(2)17-12(11)15-9-16-13/h8-9H,3-7H2,1-2H3,(H,15,16,17). The third kappa shape index (κ3) is 2.63. The first-order valence-electron chi connectivity index (χ1n) is 7.16. The Kier molecular flexibility index (Phi) is 3.64. The van der Waals surface area contributed by atoms with Gasteiger partial charge in [-0.1, -0.05) is 0 Å². The van der Waals surface area contributed by atoms with Crippen LogP contribution < -0.4 is 4.90 Å². The van der Waals surface area contributed by atoms with Crippen LogP contribution in [0.1, 0.15) is 12.6 Å². The molecule has 112 valence electrons. The van der Waals surface area contributed by atoms with Gasteiger partial charge in [0, 0.05) is 31.9 Å². The number of fused-ring (bicyclic) bond motifs is 1. The first-order valence-corrected chi connectivity index (χ1v) is 7.16. The summed E-state index contributed by atoms with van der Waals surface area (Å²) in [6, 6.07) is 2.06. The zero-order valence-electron chi connectivity index (χ0n) is 12.3. The molecular weight excluding hydrogens is 270 g/mol. The van der Waals surface area contributed by atoms with Crippen LogP contribution in [0.25, 0.3) is 11.0 Å². The van der Waals surface area contributed by atoms with Crippen LogP contribution in [0.4, 0.5) is 10.6 Å². The summed E-state index contributed by atoms with van der Waals surface area (Å²) in [6.45, 7) is 7.02. The van der Waals surface area contributed by atoms with Gasteiger partial charge in [0.1, 0.15) is 17.8 Å². The molecular formula is C14H19N5O2. The van der Waals surface area contributed by atoms with Crippen molar-refractivity contribution >= 4 is 22.9 Å². The summed E-state index contributed by atoms with van der Waals surface area (Å²) in [4.78, 5) is 27.5. The first-order chi connectivity index (χ1) is 10.2. The summed E-state index contributed by atoms with van der Waals surface area (Å²) in [7, 11) is 0. The highest BCUT2D eigenvalue weighted by atomic mass is 16.6. The second-order valence-electron chi connectivity index (χ2n) is 5.08. The second-order valence-corrected chi connectivity index (χ2v) is 5.08. The molecule has 0 spiro atoms. The van der Waals surface area contributed by atoms with Gasteiger partial charge in [0.2, 0.25) is 0 Å². The number of aromatic nitrogens is 3. The number of carbonyl (C=O) groups is 1. The quantitative estimate of drug-likeness (QED) is 0.908. The smallest absolute Gasteiger partial charge is 0.409 e. The maximum Gasteiger partial charge on any atom is 0.409 e. The summed E-state index contributed by atoms with van der Waals surface area (Å²) >= 11 is 0. The van der Waals surface area contributed by atoms with E-state index in [1.54, 1.807) is 11.2 Å². The molecule has 1 aliphatic rings. The predicted octanol–water partition coefficient (Wildman–Crippen LogP) is 1.54. The number of anilines is 1. The summed E-state index contributed by atoms with van der Waals surface area (Å²) in [5, 5.41) is 1.03. The molecule has 1 N–H and O–H groups in total. The van der Waals surface area contributed by atoms with E-state index in [9.17, 15) is 4.79 Å². The van der Waals surface area contributed by atoms with Crippen LogP contribution in [0.2, 0.25) is 0 Å². The minimum absolute atomic E-state index is 0.234. The number of carbonyl (C=O) groups excluding carboxylic acids is 1. The van der Waals surface area contributed by atoms with Gasteiger partial charge in [0.25, 0.3) is 0 Å². The van der Waals surface area contributed by atoms with Gasteiger partial charge in [-0.3, -0.25) is 0 Å². The molecule has 0 aromatic carbocycles. The van der Waals surface area contributed by atoms with Crippen molar-refractivity contribution in [2.75, 3.05) is 37.7 Å². The van der Waals surface area contributed by atoms with E-state index < -0.39 is 0 Å². The number of aromatic amines is 1. The molecule has 7 nitrogen and oxygen atoms in total. The van der Waals surface area contributed by atoms with Gasteiger partial charge in [-0.2, -0.15) is 0 Å². The van der Waals surface area contributed by atoms with Gasteiger partial charge >= 0.3 is 6.09 Å². The van der Waals surface area contributed by atoms with Gasteiger partial charge in [-0.05, 0) is 19.9 Å². The molecule has 1 amide bonds. The van der Waals surface area contributed by atoms with E-state index in [1.807, 2.05) is 13.8 Å². The van der Waals surface area contributed by atoms with Crippen molar-refractivity contribution < 1.29 is 9.53 Å². The Labute approximate surface area is 122 Å². The van der Waals surface area contributed by atoms with Crippen LogP contribution in [-0.2, 0) is 4.74 Å². The molecule has 1 saturated heterocycles. The van der Waals surface area contributed by atoms with E-state index in [0.29, 0.717) is 19.7 Å². The Balaban J connectivity index is 1.75. The Hall–Kier alpha value is -2.31. The molecule has 0 aliphatic carbocycles. The number of hydrogen-bond donors (Lipinski definition) is 1. The van der Waals surface area contributed by atoms with E-state index in [0.717, 1.165) is 35.6 Å². The van der Waals surface area contributed by atoms with Crippen LogP contribution in [-0.4, -0.2) is 58.7 Å². The highest BCUT2D eigenvalue weighted by Crippen LogP contribution is 2.24. The van der Waals surface area contributed by atoms with E-state index in [2.05, 4.69) is 25.9 Å². The van der Waals surface area contributed by atoms with E-state index in [-0.39, 0.29) is 6.09 Å². The third-order valence-electron chi connectivity index (χ3n) is 3.64. The minimum Gasteiger partial charge on any atom is -0.450 e. The fraction of sp³-hybridized carbons (Fsp3) is 0.500. The number of amides is 1. The van der Waals surface area contributed by atoms with Gasteiger partial charge in [-0.15, -0.1) is 0 Å². The predicted molar refractivity (Wildman–Crippen MR) is 79.4 cm³/mol. The molecule has 1 fully saturated rings. The monoisotopic (exact) mass is 289 g/mol. The molecule has 0 bridgehead atoms. The number of ether oxygens (including phenoxy) is 1. The number of nitrogens with one attached hydrogen (secondary N) is 1. The van der Waals surface area contributed by atoms with Crippen molar-refractivity contribution in [1.82, 2.24) is 19.9 Å². The number of H-pyrrole nitrogens is 1. The molecule has 0 saturated carbocycles. The largest absolute Gasteiger partial charge is 0.450 e. The molecule has 0 atom stereocenters. The van der Waals surface area contributed by atoms with Gasteiger partial charge < -0.3 is 19.5 Å². The average molecular weight is 289 g/mol. The van der Waals surface area contributed by atoms with E-state index in [1.165, 1.54) is 0 Å². The topological polar surface area (TPSA) is 74.3 Å². The second kappa shape index (κ2) is 5.59. The maximum atomic E-state index is 11.7. The van der Waals surface area contributed by atoms with Gasteiger partial charge in [0.15, 0.2) is 0 Å². The van der Waals surface area contributed by atoms with Crippen molar-refractivity contribution in [3.8, 4) is 0 Å². The Morgan fingerprint density at radius 3 is 2.81 bits per heavy atom. The minimum atomic E-state index is -0.234. The van der Waals surface area contributed by atoms with Crippen LogP contribution in [0.3, 0.4) is 0 Å². The number of aryl methyl sites for hydroxylation is 1. The number of piperazine rings is 1. The normalized spacial score (nSPS) is 15.5. The fourth-order valence-electron chi connectivity index (χ4n) is 2.63. The number of rotatable bonds is 2. The maximum absolute atomic E-state index is 11.7. The summed E-state index contributed by atoms with van der Waals surface area (Å²) in [5.41, 5.74) is 1.92. The molecule has 21 heavy (non-hydrogen) atoms. The third-order valence-corrected chi connectivity index (χ3v) is 3.64. The lowest BCUT2D eigenvalue weighted by Gasteiger charge is -2.34. The Morgan fingerprint density at radius 2 is 2.10 bits per heavy atom. The van der Waals surface area contributed by atoms with Crippen molar-refractivity contribution in [3.63, 3.8) is 0 Å². The van der Waals surface area contributed by atoms with E-state index in [4.69, 9.17) is 4.74 Å². The van der Waals surface area contributed by atoms with Crippen LogP contribution in [0.5, 0.6) is 0 Å². The van der Waals surface area contributed by atoms with Crippen LogP contribution >= 0.6 is 0 Å². The van der Waals surface area contributed by atoms with Crippen molar-refractivity contribution in [2.24, 2.45) is 0 Å². The number of nitrogens with zero attached hydrogens (tertiary/aromatic N) is 4. The zero-order valence-corrected chi connectivity index (χ0v) is 12.3. The van der Waals surface area contributed by atoms with Crippen molar-refractivity contribution in [1.29, 1.82) is 0 Å². The lowest BCUT2D eigenvalue weighted by atomic mass is 10.2. The van der Waals surface area contributed by atoms with Gasteiger partial charge in [0.05, 0.1) is 12.0 Å². The Morgan fingerprint density at radius 1 is 1.33 bits per heavy atom. The van der Waals surface area contributed by atoms with Gasteiger partial charge in [-0.25, -0.2) is 14.8 Å². The highest BCUT2D eigenvalue weighted by molar-refractivity contribution is 5.88. The molecule has 3 heterocycles. The molecule has 2 aromatic heterocycles. The summed E-state index contributed by atoms with van der Waals surface area (Å²) in [6.07, 6.45) is 1.34.